The highest BCUT2D eigenvalue weighted by atomic mass is 16.5. The van der Waals surface area contributed by atoms with Crippen molar-refractivity contribution >= 4 is 11.6 Å². The van der Waals surface area contributed by atoms with E-state index in [9.17, 15) is 0 Å². The number of ether oxygens (including phenoxy) is 1. The fourth-order valence-corrected chi connectivity index (χ4v) is 3.31. The predicted molar refractivity (Wildman–Crippen MR) is 70.4 cm³/mol. The van der Waals surface area contributed by atoms with Gasteiger partial charge in [-0.1, -0.05) is 0 Å². The van der Waals surface area contributed by atoms with Gasteiger partial charge in [0.05, 0.1) is 0 Å². The number of anilines is 2. The Morgan fingerprint density at radius 3 is 2.89 bits per heavy atom. The number of nitrogens with zero attached hydrogens (tertiary/aromatic N) is 3. The molecule has 0 bridgehead atoms. The number of aromatic nitrogens is 2. The van der Waals surface area contributed by atoms with Crippen molar-refractivity contribution in [3.05, 3.63) is 12.4 Å². The fraction of sp³-hybridized carbons (Fsp3) is 0.692. The van der Waals surface area contributed by atoms with Crippen molar-refractivity contribution in [2.24, 2.45) is 5.41 Å². The summed E-state index contributed by atoms with van der Waals surface area (Å²) in [5.41, 5.74) is 6.16. The molecule has 5 nitrogen and oxygen atoms in total. The molecule has 5 heteroatoms. The van der Waals surface area contributed by atoms with Crippen LogP contribution in [0.25, 0.3) is 0 Å². The maximum Gasteiger partial charge on any atom is 0.134 e. The zero-order chi connectivity index (χ0) is 12.6. The lowest BCUT2D eigenvalue weighted by atomic mass is 9.78. The second-order valence-electron chi connectivity index (χ2n) is 5.59. The van der Waals surface area contributed by atoms with Crippen LogP contribution in [0.5, 0.6) is 0 Å². The number of nitrogen functional groups attached to an aromatic ring is 1. The third kappa shape index (κ3) is 2.03. The van der Waals surface area contributed by atoms with Crippen LogP contribution in [-0.4, -0.2) is 35.8 Å². The van der Waals surface area contributed by atoms with Gasteiger partial charge in [-0.2, -0.15) is 0 Å². The van der Waals surface area contributed by atoms with Crippen molar-refractivity contribution in [2.45, 2.75) is 32.2 Å². The van der Waals surface area contributed by atoms with E-state index < -0.39 is 0 Å². The Morgan fingerprint density at radius 2 is 2.17 bits per heavy atom. The van der Waals surface area contributed by atoms with Gasteiger partial charge in [0.1, 0.15) is 18.0 Å². The zero-order valence-electron chi connectivity index (χ0n) is 10.8. The van der Waals surface area contributed by atoms with Gasteiger partial charge in [-0.05, 0) is 31.6 Å². The second kappa shape index (κ2) is 4.39. The lowest BCUT2D eigenvalue weighted by molar-refractivity contribution is 0.0242. The van der Waals surface area contributed by atoms with Gasteiger partial charge in [0.25, 0.3) is 0 Å². The van der Waals surface area contributed by atoms with Crippen LogP contribution in [0, 0.1) is 5.41 Å². The maximum absolute atomic E-state index is 5.74. The van der Waals surface area contributed by atoms with Gasteiger partial charge >= 0.3 is 0 Å². The molecule has 2 aliphatic rings. The standard InChI is InChI=1S/C13H20N4O/c1-10-7-13(2-4-18-5-3-13)8-17(10)12-6-11(14)15-9-16-12/h6,9-10H,2-5,7-8H2,1H3,(H2,14,15,16). The Morgan fingerprint density at radius 1 is 1.39 bits per heavy atom. The molecule has 2 fully saturated rings. The van der Waals surface area contributed by atoms with E-state index in [2.05, 4.69) is 21.8 Å². The van der Waals surface area contributed by atoms with Crippen LogP contribution >= 0.6 is 0 Å². The largest absolute Gasteiger partial charge is 0.384 e. The number of nitrogens with two attached hydrogens (primary N) is 1. The molecule has 1 aromatic rings. The minimum absolute atomic E-state index is 0.414. The molecule has 1 atom stereocenters. The second-order valence-corrected chi connectivity index (χ2v) is 5.59. The Balaban J connectivity index is 1.82. The average molecular weight is 248 g/mol. The third-order valence-corrected chi connectivity index (χ3v) is 4.29. The highest BCUT2D eigenvalue weighted by Crippen LogP contribution is 2.43. The first-order valence-corrected chi connectivity index (χ1v) is 6.60. The van der Waals surface area contributed by atoms with Gasteiger partial charge in [0, 0.05) is 31.9 Å². The van der Waals surface area contributed by atoms with E-state index in [0.717, 1.165) is 38.4 Å². The van der Waals surface area contributed by atoms with Gasteiger partial charge < -0.3 is 15.4 Å². The molecule has 1 spiro atoms. The van der Waals surface area contributed by atoms with Crippen molar-refractivity contribution in [1.29, 1.82) is 0 Å². The quantitative estimate of drug-likeness (QED) is 0.815. The lowest BCUT2D eigenvalue weighted by Gasteiger charge is -2.33. The van der Waals surface area contributed by atoms with Gasteiger partial charge in [-0.15, -0.1) is 0 Å². The number of hydrogen-bond acceptors (Lipinski definition) is 5. The molecule has 18 heavy (non-hydrogen) atoms. The molecule has 1 unspecified atom stereocenters. The van der Waals surface area contributed by atoms with Gasteiger partial charge in [-0.3, -0.25) is 0 Å². The van der Waals surface area contributed by atoms with Crippen LogP contribution in [0.2, 0.25) is 0 Å². The summed E-state index contributed by atoms with van der Waals surface area (Å²) in [6.45, 7) is 5.12. The minimum Gasteiger partial charge on any atom is -0.384 e. The number of rotatable bonds is 1. The van der Waals surface area contributed by atoms with E-state index in [4.69, 9.17) is 10.5 Å². The van der Waals surface area contributed by atoms with Crippen molar-refractivity contribution < 1.29 is 4.74 Å². The van der Waals surface area contributed by atoms with Crippen LogP contribution in [-0.2, 0) is 4.74 Å². The summed E-state index contributed by atoms with van der Waals surface area (Å²) in [7, 11) is 0. The third-order valence-electron chi connectivity index (χ3n) is 4.29. The lowest BCUT2D eigenvalue weighted by Crippen LogP contribution is -2.33. The topological polar surface area (TPSA) is 64.3 Å². The van der Waals surface area contributed by atoms with Gasteiger partial charge in [-0.25, -0.2) is 9.97 Å². The normalized spacial score (nSPS) is 26.7. The molecule has 1 aromatic heterocycles. The predicted octanol–water partition coefficient (Wildman–Crippen LogP) is 1.45. The van der Waals surface area contributed by atoms with Crippen molar-refractivity contribution in [1.82, 2.24) is 9.97 Å². The van der Waals surface area contributed by atoms with Gasteiger partial charge in [0.2, 0.25) is 0 Å². The van der Waals surface area contributed by atoms with E-state index in [1.54, 1.807) is 6.33 Å². The van der Waals surface area contributed by atoms with Crippen molar-refractivity contribution in [3.8, 4) is 0 Å². The highest BCUT2D eigenvalue weighted by molar-refractivity contribution is 5.48. The maximum atomic E-state index is 5.74. The van der Waals surface area contributed by atoms with Crippen molar-refractivity contribution in [2.75, 3.05) is 30.4 Å². The molecule has 0 aromatic carbocycles. The monoisotopic (exact) mass is 248 g/mol. The molecule has 0 saturated carbocycles. The zero-order valence-corrected chi connectivity index (χ0v) is 10.8. The summed E-state index contributed by atoms with van der Waals surface area (Å²) in [6, 6.07) is 2.38. The molecule has 0 radical (unpaired) electrons. The Kier molecular flexibility index (Phi) is 2.86. The molecule has 3 rings (SSSR count). The molecule has 2 N–H and O–H groups in total. The Labute approximate surface area is 107 Å². The average Bonchev–Trinajstić information content (AvgIpc) is 2.67. The summed E-state index contributed by atoms with van der Waals surface area (Å²) < 4.78 is 5.49. The number of hydrogen-bond donors (Lipinski definition) is 1. The molecular formula is C13H20N4O. The minimum atomic E-state index is 0.414. The molecule has 98 valence electrons. The Hall–Kier alpha value is -1.36. The molecule has 0 amide bonds. The fourth-order valence-electron chi connectivity index (χ4n) is 3.31. The van der Waals surface area contributed by atoms with E-state index in [-0.39, 0.29) is 0 Å². The molecule has 2 aliphatic heterocycles. The van der Waals surface area contributed by atoms with Crippen LogP contribution in [0.3, 0.4) is 0 Å². The molecular weight excluding hydrogens is 228 g/mol. The first-order chi connectivity index (χ1) is 8.69. The summed E-state index contributed by atoms with van der Waals surface area (Å²) in [4.78, 5) is 10.7. The van der Waals surface area contributed by atoms with Crippen LogP contribution in [0.4, 0.5) is 11.6 Å². The summed E-state index contributed by atoms with van der Waals surface area (Å²) in [6.07, 6.45) is 5.09. The summed E-state index contributed by atoms with van der Waals surface area (Å²) in [5.74, 6) is 1.50. The molecule has 2 saturated heterocycles. The van der Waals surface area contributed by atoms with Crippen molar-refractivity contribution in [3.63, 3.8) is 0 Å². The Bertz CT molecular complexity index is 431. The SMILES string of the molecule is CC1CC2(CCOCC2)CN1c1cc(N)ncn1. The van der Waals surface area contributed by atoms with E-state index in [1.165, 1.54) is 6.42 Å². The molecule has 0 aliphatic carbocycles. The highest BCUT2D eigenvalue weighted by Gasteiger charge is 2.43. The van der Waals surface area contributed by atoms with Crippen LogP contribution < -0.4 is 10.6 Å². The summed E-state index contributed by atoms with van der Waals surface area (Å²) in [5, 5.41) is 0. The van der Waals surface area contributed by atoms with E-state index in [1.807, 2.05) is 6.07 Å². The van der Waals surface area contributed by atoms with Crippen LogP contribution in [0.1, 0.15) is 26.2 Å². The first-order valence-electron chi connectivity index (χ1n) is 6.60. The van der Waals surface area contributed by atoms with Crippen LogP contribution in [0.15, 0.2) is 12.4 Å². The van der Waals surface area contributed by atoms with E-state index >= 15 is 0 Å². The first kappa shape index (κ1) is 11.7. The van der Waals surface area contributed by atoms with Gasteiger partial charge in [0.15, 0.2) is 0 Å². The van der Waals surface area contributed by atoms with E-state index in [0.29, 0.717) is 17.3 Å². The smallest absolute Gasteiger partial charge is 0.134 e. The molecule has 3 heterocycles. The summed E-state index contributed by atoms with van der Waals surface area (Å²) >= 11 is 0.